The lowest BCUT2D eigenvalue weighted by molar-refractivity contribution is -0.0498. The van der Waals surface area contributed by atoms with Crippen LogP contribution in [0.1, 0.15) is 10.4 Å². The van der Waals surface area contributed by atoms with Gasteiger partial charge in [0.25, 0.3) is 5.91 Å². The summed E-state index contributed by atoms with van der Waals surface area (Å²) in [5.41, 5.74) is 0.142. The highest BCUT2D eigenvalue weighted by Gasteiger charge is 2.11. The van der Waals surface area contributed by atoms with E-state index in [1.807, 2.05) is 0 Å². The Labute approximate surface area is 123 Å². The van der Waals surface area contributed by atoms with Gasteiger partial charge in [-0.2, -0.15) is 8.78 Å². The maximum Gasteiger partial charge on any atom is 0.387 e. The van der Waals surface area contributed by atoms with Gasteiger partial charge in [0.2, 0.25) is 0 Å². The third kappa shape index (κ3) is 4.13. The molecule has 0 saturated heterocycles. The van der Waals surface area contributed by atoms with Crippen molar-refractivity contribution in [3.63, 3.8) is 0 Å². The fraction of sp³-hybridized carbons (Fsp3) is 0.0714. The number of alkyl halides is 2. The summed E-state index contributed by atoms with van der Waals surface area (Å²) in [6, 6.07) is 8.85. The molecule has 21 heavy (non-hydrogen) atoms. The normalized spacial score (nSPS) is 10.5. The van der Waals surface area contributed by atoms with Crippen LogP contribution in [0.15, 0.2) is 42.5 Å². The zero-order valence-electron chi connectivity index (χ0n) is 10.4. The van der Waals surface area contributed by atoms with Gasteiger partial charge in [0.1, 0.15) is 11.6 Å². The number of ether oxygens (including phenoxy) is 1. The molecule has 1 N–H and O–H groups in total. The number of hydrogen-bond donors (Lipinski definition) is 1. The van der Waals surface area contributed by atoms with Crippen molar-refractivity contribution >= 4 is 23.2 Å². The van der Waals surface area contributed by atoms with E-state index in [0.29, 0.717) is 0 Å². The second-order valence-electron chi connectivity index (χ2n) is 3.98. The molecule has 0 saturated carbocycles. The standard InChI is InChI=1S/C14H9ClF3NO2/c15-9-3-6-12(11(16)7-9)19-13(20)8-1-4-10(5-2-8)21-14(17)18/h1-7,14H,(H,19,20). The molecule has 0 spiro atoms. The molecule has 2 aromatic rings. The number of nitrogens with one attached hydrogen (secondary N) is 1. The van der Waals surface area contributed by atoms with Gasteiger partial charge in [-0.1, -0.05) is 11.6 Å². The van der Waals surface area contributed by atoms with Gasteiger partial charge < -0.3 is 10.1 Å². The highest BCUT2D eigenvalue weighted by molar-refractivity contribution is 6.30. The van der Waals surface area contributed by atoms with Crippen molar-refractivity contribution in [2.45, 2.75) is 6.61 Å². The van der Waals surface area contributed by atoms with Gasteiger partial charge in [0.05, 0.1) is 5.69 Å². The number of anilines is 1. The Hall–Kier alpha value is -2.21. The molecule has 2 aromatic carbocycles. The number of amides is 1. The Kier molecular flexibility index (Phi) is 4.70. The lowest BCUT2D eigenvalue weighted by atomic mass is 10.2. The summed E-state index contributed by atoms with van der Waals surface area (Å²) in [7, 11) is 0. The summed E-state index contributed by atoms with van der Waals surface area (Å²) in [5, 5.41) is 2.56. The molecule has 3 nitrogen and oxygen atoms in total. The molecule has 0 aliphatic heterocycles. The Morgan fingerprint density at radius 2 is 1.81 bits per heavy atom. The average molecular weight is 316 g/mol. The van der Waals surface area contributed by atoms with Crippen molar-refractivity contribution in [2.24, 2.45) is 0 Å². The minimum Gasteiger partial charge on any atom is -0.435 e. The first kappa shape index (κ1) is 15.2. The van der Waals surface area contributed by atoms with Crippen LogP contribution in [0.25, 0.3) is 0 Å². The van der Waals surface area contributed by atoms with E-state index in [1.165, 1.54) is 36.4 Å². The molecular weight excluding hydrogens is 307 g/mol. The molecule has 0 unspecified atom stereocenters. The van der Waals surface area contributed by atoms with E-state index < -0.39 is 18.3 Å². The van der Waals surface area contributed by atoms with Gasteiger partial charge in [-0.25, -0.2) is 4.39 Å². The van der Waals surface area contributed by atoms with Crippen LogP contribution in [-0.2, 0) is 0 Å². The van der Waals surface area contributed by atoms with E-state index in [-0.39, 0.29) is 22.0 Å². The number of carbonyl (C=O) groups is 1. The number of hydrogen-bond acceptors (Lipinski definition) is 2. The summed E-state index contributed by atoms with van der Waals surface area (Å²) < 4.78 is 41.7. The monoisotopic (exact) mass is 315 g/mol. The number of benzene rings is 2. The van der Waals surface area contributed by atoms with Crippen LogP contribution in [-0.4, -0.2) is 12.5 Å². The van der Waals surface area contributed by atoms with Crippen molar-refractivity contribution in [3.8, 4) is 5.75 Å². The molecular formula is C14H9ClF3NO2. The van der Waals surface area contributed by atoms with E-state index in [4.69, 9.17) is 11.6 Å². The summed E-state index contributed by atoms with van der Waals surface area (Å²) in [6.45, 7) is -2.94. The number of rotatable bonds is 4. The quantitative estimate of drug-likeness (QED) is 0.912. The molecule has 0 radical (unpaired) electrons. The van der Waals surface area contributed by atoms with Gasteiger partial charge in [-0.3, -0.25) is 4.79 Å². The molecule has 1 amide bonds. The first-order chi connectivity index (χ1) is 9.95. The zero-order valence-corrected chi connectivity index (χ0v) is 11.2. The predicted octanol–water partition coefficient (Wildman–Crippen LogP) is 4.33. The van der Waals surface area contributed by atoms with Gasteiger partial charge in [0.15, 0.2) is 0 Å². The Bertz CT molecular complexity index is 647. The van der Waals surface area contributed by atoms with Crippen molar-refractivity contribution in [1.29, 1.82) is 0 Å². The van der Waals surface area contributed by atoms with Crippen LogP contribution < -0.4 is 10.1 Å². The third-order valence-corrected chi connectivity index (χ3v) is 2.76. The Morgan fingerprint density at radius 3 is 2.38 bits per heavy atom. The van der Waals surface area contributed by atoms with Crippen LogP contribution in [0, 0.1) is 5.82 Å². The largest absolute Gasteiger partial charge is 0.435 e. The van der Waals surface area contributed by atoms with Crippen LogP contribution in [0.3, 0.4) is 0 Å². The van der Waals surface area contributed by atoms with E-state index >= 15 is 0 Å². The fourth-order valence-corrected chi connectivity index (χ4v) is 1.73. The molecule has 0 aliphatic rings. The minimum absolute atomic E-state index is 0.0303. The summed E-state index contributed by atoms with van der Waals surface area (Å²) >= 11 is 5.60. The number of halogens is 4. The SMILES string of the molecule is O=C(Nc1ccc(Cl)cc1F)c1ccc(OC(F)F)cc1. The summed E-state index contributed by atoms with van der Waals surface area (Å²) in [5.74, 6) is -1.33. The van der Waals surface area contributed by atoms with E-state index in [2.05, 4.69) is 10.1 Å². The van der Waals surface area contributed by atoms with Crippen LogP contribution >= 0.6 is 11.6 Å². The van der Waals surface area contributed by atoms with Crippen LogP contribution in [0.4, 0.5) is 18.9 Å². The lowest BCUT2D eigenvalue weighted by Crippen LogP contribution is -2.13. The van der Waals surface area contributed by atoms with Gasteiger partial charge >= 0.3 is 6.61 Å². The van der Waals surface area contributed by atoms with Crippen molar-refractivity contribution in [2.75, 3.05) is 5.32 Å². The topological polar surface area (TPSA) is 38.3 Å². The first-order valence-electron chi connectivity index (χ1n) is 5.77. The van der Waals surface area contributed by atoms with Crippen molar-refractivity contribution < 1.29 is 22.7 Å². The van der Waals surface area contributed by atoms with E-state index in [9.17, 15) is 18.0 Å². The van der Waals surface area contributed by atoms with E-state index in [0.717, 1.165) is 6.07 Å². The molecule has 0 aliphatic carbocycles. The summed E-state index contributed by atoms with van der Waals surface area (Å²) in [4.78, 5) is 11.9. The molecule has 0 bridgehead atoms. The highest BCUT2D eigenvalue weighted by Crippen LogP contribution is 2.20. The van der Waals surface area contributed by atoms with Crippen LogP contribution in [0.5, 0.6) is 5.75 Å². The first-order valence-corrected chi connectivity index (χ1v) is 6.15. The Morgan fingerprint density at radius 1 is 1.14 bits per heavy atom. The molecule has 2 rings (SSSR count). The molecule has 7 heteroatoms. The second-order valence-corrected chi connectivity index (χ2v) is 4.42. The zero-order chi connectivity index (χ0) is 15.4. The van der Waals surface area contributed by atoms with Crippen molar-refractivity contribution in [1.82, 2.24) is 0 Å². The maximum atomic E-state index is 13.5. The number of carbonyl (C=O) groups excluding carboxylic acids is 1. The fourth-order valence-electron chi connectivity index (χ4n) is 1.57. The van der Waals surface area contributed by atoms with Gasteiger partial charge in [-0.15, -0.1) is 0 Å². The molecule has 0 heterocycles. The molecule has 0 atom stereocenters. The van der Waals surface area contributed by atoms with Crippen molar-refractivity contribution in [3.05, 3.63) is 58.9 Å². The molecule has 0 fully saturated rings. The van der Waals surface area contributed by atoms with Gasteiger partial charge in [-0.05, 0) is 42.5 Å². The highest BCUT2D eigenvalue weighted by atomic mass is 35.5. The average Bonchev–Trinajstić information content (AvgIpc) is 2.42. The second kappa shape index (κ2) is 6.49. The van der Waals surface area contributed by atoms with Gasteiger partial charge in [0, 0.05) is 10.6 Å². The molecule has 0 aromatic heterocycles. The Balaban J connectivity index is 2.09. The van der Waals surface area contributed by atoms with E-state index in [1.54, 1.807) is 0 Å². The molecule has 110 valence electrons. The minimum atomic E-state index is -2.94. The van der Waals surface area contributed by atoms with Crippen LogP contribution in [0.2, 0.25) is 5.02 Å². The lowest BCUT2D eigenvalue weighted by Gasteiger charge is -2.08. The summed E-state index contributed by atoms with van der Waals surface area (Å²) in [6.07, 6.45) is 0. The third-order valence-electron chi connectivity index (χ3n) is 2.52. The maximum absolute atomic E-state index is 13.5. The smallest absolute Gasteiger partial charge is 0.387 e. The predicted molar refractivity (Wildman–Crippen MR) is 72.4 cm³/mol.